The number of aliphatic hydroxyl groups is 1. The summed E-state index contributed by atoms with van der Waals surface area (Å²) < 4.78 is 26.8. The molecule has 1 aromatic heterocycles. The van der Waals surface area contributed by atoms with Crippen LogP contribution in [-0.4, -0.2) is 23.5 Å². The van der Waals surface area contributed by atoms with Crippen LogP contribution in [-0.2, 0) is 23.2 Å². The number of aromatic nitrogens is 2. The van der Waals surface area contributed by atoms with Crippen LogP contribution in [0.3, 0.4) is 0 Å². The zero-order chi connectivity index (χ0) is 13.9. The summed E-state index contributed by atoms with van der Waals surface area (Å²) in [6.45, 7) is 1.61. The number of hydrogen-bond acceptors (Lipinski definition) is 4. The van der Waals surface area contributed by atoms with Crippen molar-refractivity contribution in [3.8, 4) is 0 Å². The van der Waals surface area contributed by atoms with E-state index in [2.05, 4.69) is 14.7 Å². The van der Waals surface area contributed by atoms with Crippen LogP contribution in [0.1, 0.15) is 17.0 Å². The van der Waals surface area contributed by atoms with E-state index in [1.807, 2.05) is 0 Å². The van der Waals surface area contributed by atoms with Crippen molar-refractivity contribution in [2.75, 3.05) is 0 Å². The summed E-state index contributed by atoms with van der Waals surface area (Å²) in [6.07, 6.45) is 3.18. The van der Waals surface area contributed by atoms with E-state index in [0.29, 0.717) is 17.0 Å². The maximum absolute atomic E-state index is 12.2. The molecule has 2 rings (SSSR count). The van der Waals surface area contributed by atoms with Gasteiger partial charge in [-0.15, -0.1) is 0 Å². The summed E-state index contributed by atoms with van der Waals surface area (Å²) >= 11 is 0. The van der Waals surface area contributed by atoms with Crippen molar-refractivity contribution < 1.29 is 13.5 Å². The van der Waals surface area contributed by atoms with E-state index in [1.165, 1.54) is 6.07 Å². The zero-order valence-electron chi connectivity index (χ0n) is 10.4. The number of rotatable bonds is 5. The number of aliphatic hydroxyl groups excluding tert-OH is 1. The number of imidazole rings is 1. The molecule has 0 aliphatic rings. The highest BCUT2D eigenvalue weighted by atomic mass is 32.2. The van der Waals surface area contributed by atoms with Crippen LogP contribution in [0.15, 0.2) is 35.5 Å². The first-order chi connectivity index (χ1) is 9.03. The molecule has 0 fully saturated rings. The predicted molar refractivity (Wildman–Crippen MR) is 69.7 cm³/mol. The van der Waals surface area contributed by atoms with Crippen LogP contribution in [0, 0.1) is 6.92 Å². The number of benzene rings is 1. The van der Waals surface area contributed by atoms with Gasteiger partial charge in [0.2, 0.25) is 10.0 Å². The lowest BCUT2D eigenvalue weighted by Gasteiger charge is -2.09. The van der Waals surface area contributed by atoms with Crippen molar-refractivity contribution in [1.82, 2.24) is 14.7 Å². The third-order valence-corrected chi connectivity index (χ3v) is 4.25. The molecular weight excluding hydrogens is 266 g/mol. The molecule has 0 bridgehead atoms. The van der Waals surface area contributed by atoms with Crippen molar-refractivity contribution in [1.29, 1.82) is 0 Å². The van der Waals surface area contributed by atoms with Crippen LogP contribution in [0.2, 0.25) is 0 Å². The largest absolute Gasteiger partial charge is 0.392 e. The standard InChI is InChI=1S/C12H15N3O3S/c1-9-2-3-10(8-16)6-11(9)19(17,18)15-7-12-13-4-5-14-12/h2-6,15-16H,7-8H2,1H3,(H,13,14). The molecule has 19 heavy (non-hydrogen) atoms. The van der Waals surface area contributed by atoms with E-state index in [4.69, 9.17) is 5.11 Å². The SMILES string of the molecule is Cc1ccc(CO)cc1S(=O)(=O)NCc1ncc[nH]1. The molecule has 0 aliphatic heterocycles. The highest BCUT2D eigenvalue weighted by Crippen LogP contribution is 2.17. The Morgan fingerprint density at radius 2 is 2.21 bits per heavy atom. The van der Waals surface area contributed by atoms with E-state index in [1.54, 1.807) is 31.5 Å². The fourth-order valence-corrected chi connectivity index (χ4v) is 2.95. The van der Waals surface area contributed by atoms with Gasteiger partial charge in [0.1, 0.15) is 5.82 Å². The molecule has 0 unspecified atom stereocenters. The molecule has 1 aromatic carbocycles. The summed E-state index contributed by atoms with van der Waals surface area (Å²) in [5, 5.41) is 9.07. The first-order valence-corrected chi connectivity index (χ1v) is 7.19. The third kappa shape index (κ3) is 3.19. The van der Waals surface area contributed by atoms with Crippen molar-refractivity contribution in [2.45, 2.75) is 25.0 Å². The first kappa shape index (κ1) is 13.7. The van der Waals surface area contributed by atoms with Gasteiger partial charge >= 0.3 is 0 Å². The lowest BCUT2D eigenvalue weighted by molar-refractivity contribution is 0.281. The van der Waals surface area contributed by atoms with Crippen LogP contribution in [0.4, 0.5) is 0 Å². The molecule has 0 radical (unpaired) electrons. The van der Waals surface area contributed by atoms with Crippen LogP contribution >= 0.6 is 0 Å². The van der Waals surface area contributed by atoms with E-state index in [9.17, 15) is 8.42 Å². The van der Waals surface area contributed by atoms with Crippen LogP contribution < -0.4 is 4.72 Å². The summed E-state index contributed by atoms with van der Waals surface area (Å²) in [6, 6.07) is 4.84. The minimum absolute atomic E-state index is 0.0954. The average molecular weight is 281 g/mol. The highest BCUT2D eigenvalue weighted by Gasteiger charge is 2.17. The zero-order valence-corrected chi connectivity index (χ0v) is 11.2. The second kappa shape index (κ2) is 5.52. The topological polar surface area (TPSA) is 95.1 Å². The Morgan fingerprint density at radius 3 is 2.84 bits per heavy atom. The van der Waals surface area contributed by atoms with Crippen molar-refractivity contribution >= 4 is 10.0 Å². The second-order valence-electron chi connectivity index (χ2n) is 4.12. The Kier molecular flexibility index (Phi) is 3.98. The molecule has 102 valence electrons. The quantitative estimate of drug-likeness (QED) is 0.751. The number of sulfonamides is 1. The van der Waals surface area contributed by atoms with Crippen LogP contribution in [0.5, 0.6) is 0 Å². The smallest absolute Gasteiger partial charge is 0.241 e. The summed E-state index contributed by atoms with van der Waals surface area (Å²) in [5.74, 6) is 0.541. The Bertz CT molecular complexity index is 651. The molecule has 0 aliphatic carbocycles. The predicted octanol–water partition coefficient (Wildman–Crippen LogP) is 0.689. The van der Waals surface area contributed by atoms with Crippen molar-refractivity contribution in [2.24, 2.45) is 0 Å². The lowest BCUT2D eigenvalue weighted by Crippen LogP contribution is -2.24. The number of H-pyrrole nitrogens is 1. The Labute approximate surface area is 111 Å². The van der Waals surface area contributed by atoms with Gasteiger partial charge in [0.05, 0.1) is 18.0 Å². The van der Waals surface area contributed by atoms with Crippen molar-refractivity contribution in [3.63, 3.8) is 0 Å². The second-order valence-corrected chi connectivity index (χ2v) is 5.85. The monoisotopic (exact) mass is 281 g/mol. The summed E-state index contributed by atoms with van der Waals surface area (Å²) in [7, 11) is -3.62. The van der Waals surface area contributed by atoms with E-state index >= 15 is 0 Å². The maximum Gasteiger partial charge on any atom is 0.241 e. The summed E-state index contributed by atoms with van der Waals surface area (Å²) in [5.41, 5.74) is 1.19. The Hall–Kier alpha value is -1.70. The number of hydrogen-bond donors (Lipinski definition) is 3. The molecule has 1 heterocycles. The normalized spacial score (nSPS) is 11.7. The summed E-state index contributed by atoms with van der Waals surface area (Å²) in [4.78, 5) is 6.94. The van der Waals surface area contributed by atoms with Gasteiger partial charge in [-0.25, -0.2) is 18.1 Å². The van der Waals surface area contributed by atoms with E-state index < -0.39 is 10.0 Å². The Balaban J connectivity index is 2.23. The van der Waals surface area contributed by atoms with Gasteiger partial charge in [-0.05, 0) is 24.1 Å². The molecule has 0 amide bonds. The molecule has 3 N–H and O–H groups in total. The minimum atomic E-state index is -3.62. The van der Waals surface area contributed by atoms with Gasteiger partial charge in [0.15, 0.2) is 0 Å². The fourth-order valence-electron chi connectivity index (χ4n) is 1.67. The van der Waals surface area contributed by atoms with Gasteiger partial charge in [0, 0.05) is 12.4 Å². The number of aryl methyl sites for hydroxylation is 1. The first-order valence-electron chi connectivity index (χ1n) is 5.71. The molecular formula is C12H15N3O3S. The van der Waals surface area contributed by atoms with Gasteiger partial charge in [0.25, 0.3) is 0 Å². The van der Waals surface area contributed by atoms with E-state index in [0.717, 1.165) is 0 Å². The van der Waals surface area contributed by atoms with Crippen LogP contribution in [0.25, 0.3) is 0 Å². The van der Waals surface area contributed by atoms with Gasteiger partial charge in [-0.2, -0.15) is 0 Å². The molecule has 7 heteroatoms. The lowest BCUT2D eigenvalue weighted by atomic mass is 10.2. The molecule has 2 aromatic rings. The van der Waals surface area contributed by atoms with E-state index in [-0.39, 0.29) is 18.0 Å². The third-order valence-electron chi connectivity index (χ3n) is 2.71. The molecule has 0 saturated heterocycles. The number of aromatic amines is 1. The van der Waals surface area contributed by atoms with Crippen molar-refractivity contribution in [3.05, 3.63) is 47.5 Å². The fraction of sp³-hybridized carbons (Fsp3) is 0.250. The van der Waals surface area contributed by atoms with Gasteiger partial charge < -0.3 is 10.1 Å². The average Bonchev–Trinajstić information content (AvgIpc) is 2.90. The molecule has 6 nitrogen and oxygen atoms in total. The highest BCUT2D eigenvalue weighted by molar-refractivity contribution is 7.89. The maximum atomic E-state index is 12.2. The van der Waals surface area contributed by atoms with Gasteiger partial charge in [-0.1, -0.05) is 12.1 Å². The molecule has 0 spiro atoms. The molecule has 0 saturated carbocycles. The van der Waals surface area contributed by atoms with Gasteiger partial charge in [-0.3, -0.25) is 0 Å². The number of nitrogens with zero attached hydrogens (tertiary/aromatic N) is 1. The minimum Gasteiger partial charge on any atom is -0.392 e. The number of nitrogens with one attached hydrogen (secondary N) is 2. The molecule has 0 atom stereocenters. The Morgan fingerprint density at radius 1 is 1.42 bits per heavy atom.